The van der Waals surface area contributed by atoms with Crippen LogP contribution in [0.3, 0.4) is 0 Å². The fraction of sp³-hybridized carbons (Fsp3) is 0.458. The number of amides is 5. The minimum atomic E-state index is -3.83. The molecule has 20 heteroatoms. The number of aryl methyl sites for hydroxylation is 1. The summed E-state index contributed by atoms with van der Waals surface area (Å²) in [7, 11) is 1.25. The molecule has 2 aliphatic rings. The molecular formula is C48H65N11O8S. The van der Waals surface area contributed by atoms with Crippen molar-refractivity contribution in [3.8, 4) is 5.75 Å². The summed E-state index contributed by atoms with van der Waals surface area (Å²) in [6.07, 6.45) is 5.08. The molecule has 4 N–H and O–H groups in total. The van der Waals surface area contributed by atoms with Crippen molar-refractivity contribution >= 4 is 62.8 Å². The van der Waals surface area contributed by atoms with Crippen molar-refractivity contribution in [1.29, 1.82) is 0 Å². The third-order valence-corrected chi connectivity index (χ3v) is 13.2. The molecule has 2 aliphatic heterocycles. The first-order valence-corrected chi connectivity index (χ1v) is 24.3. The molecule has 3 heterocycles. The van der Waals surface area contributed by atoms with E-state index in [1.165, 1.54) is 39.7 Å². The Morgan fingerprint density at radius 2 is 1.59 bits per heavy atom. The Labute approximate surface area is 399 Å². The minimum absolute atomic E-state index is 0.0298. The lowest BCUT2D eigenvalue weighted by Crippen LogP contribution is -2.44. The van der Waals surface area contributed by atoms with Crippen molar-refractivity contribution in [2.24, 2.45) is 0 Å². The van der Waals surface area contributed by atoms with Crippen molar-refractivity contribution < 1.29 is 37.1 Å². The fourth-order valence-corrected chi connectivity index (χ4v) is 9.10. The van der Waals surface area contributed by atoms with Crippen LogP contribution < -0.4 is 30.3 Å². The van der Waals surface area contributed by atoms with Gasteiger partial charge in [-0.1, -0.05) is 18.2 Å². The molecule has 1 aromatic heterocycles. The van der Waals surface area contributed by atoms with Crippen LogP contribution in [-0.4, -0.2) is 147 Å². The first kappa shape index (κ1) is 51.0. The summed E-state index contributed by atoms with van der Waals surface area (Å²) < 4.78 is 40.6. The quantitative estimate of drug-likeness (QED) is 0.0892. The number of carbonyl (C=O) groups is 4. The number of nitrogens with one attached hydrogen (secondary N) is 4. The molecule has 0 saturated carbocycles. The third-order valence-electron chi connectivity index (χ3n) is 11.4. The number of aromatic nitrogens is 2. The molecule has 19 nitrogen and oxygen atoms in total. The molecule has 0 aliphatic carbocycles. The number of likely N-dealkylation sites (N-methyl/N-ethyl adjacent to an activating group) is 3. The number of hydrogen-bond acceptors (Lipinski definition) is 13. The van der Waals surface area contributed by atoms with Crippen LogP contribution in [0.4, 0.5) is 38.4 Å². The number of rotatable bonds is 19. The van der Waals surface area contributed by atoms with E-state index in [1.54, 1.807) is 109 Å². The maximum Gasteiger partial charge on any atom is 0.409 e. The van der Waals surface area contributed by atoms with Gasteiger partial charge >= 0.3 is 12.1 Å². The van der Waals surface area contributed by atoms with E-state index in [-0.39, 0.29) is 54.9 Å². The van der Waals surface area contributed by atoms with Crippen LogP contribution in [0.5, 0.6) is 5.75 Å². The van der Waals surface area contributed by atoms with E-state index in [4.69, 9.17) is 14.5 Å². The van der Waals surface area contributed by atoms with Crippen LogP contribution >= 0.6 is 0 Å². The van der Waals surface area contributed by atoms with E-state index >= 15 is 0 Å². The molecule has 1 unspecified atom stereocenters. The summed E-state index contributed by atoms with van der Waals surface area (Å²) in [5.74, 6) is 0.529. The summed E-state index contributed by atoms with van der Waals surface area (Å²) in [4.78, 5) is 70.4. The zero-order valence-corrected chi connectivity index (χ0v) is 40.9. The Bertz CT molecular complexity index is 2480. The highest BCUT2D eigenvalue weighted by molar-refractivity contribution is 7.89. The largest absolute Gasteiger partial charge is 0.492 e. The predicted molar refractivity (Wildman–Crippen MR) is 261 cm³/mol. The van der Waals surface area contributed by atoms with Gasteiger partial charge in [0.05, 0.1) is 23.2 Å². The smallest absolute Gasteiger partial charge is 0.409 e. The van der Waals surface area contributed by atoms with Gasteiger partial charge in [0.2, 0.25) is 27.8 Å². The molecule has 0 bridgehead atoms. The number of benzene rings is 3. The first-order chi connectivity index (χ1) is 32.3. The second kappa shape index (κ2) is 23.1. The Kier molecular flexibility index (Phi) is 17.3. The second-order valence-electron chi connectivity index (χ2n) is 18.2. The van der Waals surface area contributed by atoms with Gasteiger partial charge in [-0.05, 0) is 140 Å². The van der Waals surface area contributed by atoms with Gasteiger partial charge in [-0.25, -0.2) is 32.6 Å². The highest BCUT2D eigenvalue weighted by Gasteiger charge is 2.29. The van der Waals surface area contributed by atoms with E-state index in [1.807, 2.05) is 11.9 Å². The van der Waals surface area contributed by atoms with Gasteiger partial charge in [0.1, 0.15) is 24.8 Å². The molecule has 5 amide bonds. The van der Waals surface area contributed by atoms with E-state index < -0.39 is 27.7 Å². The molecule has 0 radical (unpaired) electrons. The molecule has 4 aromatic rings. The number of sulfonamides is 1. The summed E-state index contributed by atoms with van der Waals surface area (Å²) in [5, 5.41) is 8.68. The van der Waals surface area contributed by atoms with Gasteiger partial charge in [-0.2, -0.15) is 4.98 Å². The molecular weight excluding hydrogens is 891 g/mol. The maximum absolute atomic E-state index is 14.5. The van der Waals surface area contributed by atoms with Gasteiger partial charge < -0.3 is 35.2 Å². The number of likely N-dealkylation sites (tertiary alicyclic amines) is 2. The molecule has 366 valence electrons. The zero-order chi connectivity index (χ0) is 49.0. The Hall–Kier alpha value is -6.35. The van der Waals surface area contributed by atoms with Crippen LogP contribution in [0, 0.1) is 6.92 Å². The average Bonchev–Trinajstić information content (AvgIpc) is 3.99. The van der Waals surface area contributed by atoms with Crippen molar-refractivity contribution in [1.82, 2.24) is 39.6 Å². The molecule has 0 spiro atoms. The predicted octanol–water partition coefficient (Wildman–Crippen LogP) is 5.69. The van der Waals surface area contributed by atoms with Gasteiger partial charge in [-0.15, -0.1) is 0 Å². The Morgan fingerprint density at radius 1 is 0.882 bits per heavy atom. The fourth-order valence-electron chi connectivity index (χ4n) is 7.64. The van der Waals surface area contributed by atoms with E-state index in [0.29, 0.717) is 46.4 Å². The van der Waals surface area contributed by atoms with Crippen LogP contribution in [0.1, 0.15) is 57.6 Å². The topological polar surface area (TPSA) is 211 Å². The summed E-state index contributed by atoms with van der Waals surface area (Å²) in [5.41, 5.74) is 2.10. The van der Waals surface area contributed by atoms with Crippen molar-refractivity contribution in [3.05, 3.63) is 90.1 Å². The molecule has 1 atom stereocenters. The summed E-state index contributed by atoms with van der Waals surface area (Å²) >= 11 is 0. The van der Waals surface area contributed by atoms with Crippen LogP contribution in [0.2, 0.25) is 0 Å². The first-order valence-electron chi connectivity index (χ1n) is 22.8. The molecule has 6 rings (SSSR count). The molecule has 68 heavy (non-hydrogen) atoms. The van der Waals surface area contributed by atoms with Crippen LogP contribution in [-0.2, 0) is 31.0 Å². The number of nitrogens with zero attached hydrogens (tertiary/aromatic N) is 7. The second-order valence-corrected chi connectivity index (χ2v) is 19.9. The van der Waals surface area contributed by atoms with Crippen molar-refractivity contribution in [3.63, 3.8) is 0 Å². The van der Waals surface area contributed by atoms with E-state index in [9.17, 15) is 27.6 Å². The monoisotopic (exact) mass is 955 g/mol. The zero-order valence-electron chi connectivity index (χ0n) is 40.1. The van der Waals surface area contributed by atoms with Gasteiger partial charge in [0.25, 0.3) is 0 Å². The lowest BCUT2D eigenvalue weighted by atomic mass is 10.1. The van der Waals surface area contributed by atoms with Gasteiger partial charge in [0.15, 0.2) is 0 Å². The normalized spacial score (nSPS) is 15.4. The molecule has 3 aromatic carbocycles. The lowest BCUT2D eigenvalue weighted by molar-refractivity contribution is -0.127. The minimum Gasteiger partial charge on any atom is -0.492 e. The number of urea groups is 1. The molecule has 2 fully saturated rings. The maximum atomic E-state index is 14.5. The van der Waals surface area contributed by atoms with Crippen LogP contribution in [0.15, 0.2) is 83.9 Å². The highest BCUT2D eigenvalue weighted by Crippen LogP contribution is 2.30. The number of hydrogen-bond donors (Lipinski definition) is 4. The van der Waals surface area contributed by atoms with Crippen LogP contribution in [0.25, 0.3) is 0 Å². The highest BCUT2D eigenvalue weighted by atomic mass is 32.2. The standard InChI is InChI=1S/C48H65N11O8S/c1-34-31-50-45(53-43(34)52-37-12-10-13-40(30-37)68(64,65)54-48(2,3)4)59(38-19-21-39(22-20-38)66-29-28-58-24-8-9-25-58)46(62)56(6)26-27-57(7)47(63)67-33-35-15-17-36(18-16-35)51-42(60)32-49-44(61)41-14-11-23-55(41)5/h10,12-13,15-22,30-31,41,54H,8-9,11,14,23-29,32-33H2,1-7H3,(H,49,61)(H,51,60)(H,50,52,53). The number of anilines is 5. The third kappa shape index (κ3) is 14.6. The van der Waals surface area contributed by atoms with Crippen molar-refractivity contribution in [2.75, 3.05) is 89.1 Å². The Morgan fingerprint density at radius 3 is 2.26 bits per heavy atom. The van der Waals surface area contributed by atoms with Crippen molar-refractivity contribution in [2.45, 2.75) is 76.5 Å². The van der Waals surface area contributed by atoms with Gasteiger partial charge in [-0.3, -0.25) is 19.4 Å². The Balaban J connectivity index is 1.08. The lowest BCUT2D eigenvalue weighted by Gasteiger charge is -2.28. The SMILES string of the molecule is Cc1cnc(N(C(=O)N(C)CCN(C)C(=O)OCc2ccc(NC(=O)CNC(=O)C3CCCN3C)cc2)c2ccc(OCCN3CCCC3)cc2)nc1Nc1cccc(S(=O)(=O)NC(C)(C)C)c1. The summed E-state index contributed by atoms with van der Waals surface area (Å²) in [6, 6.07) is 19.6. The number of ether oxygens (including phenoxy) is 2. The molecule has 2 saturated heterocycles. The summed E-state index contributed by atoms with van der Waals surface area (Å²) in [6.45, 7) is 11.5. The number of carbonyl (C=O) groups excluding carboxylic acids is 4. The van der Waals surface area contributed by atoms with E-state index in [0.717, 1.165) is 39.0 Å². The average molecular weight is 956 g/mol. The van der Waals surface area contributed by atoms with Gasteiger partial charge in [0, 0.05) is 62.4 Å². The van der Waals surface area contributed by atoms with E-state index in [2.05, 4.69) is 30.6 Å².